The average Bonchev–Trinajstić information content (AvgIpc) is 2.26. The number of rotatable bonds is 4. The molecule has 3 nitrogen and oxygen atoms in total. The first kappa shape index (κ1) is 11.0. The smallest absolute Gasteiger partial charge is 0.0997 e. The Morgan fingerprint density at radius 1 is 1.64 bits per heavy atom. The molecule has 0 aliphatic heterocycles. The Labute approximate surface area is 84.3 Å². The molecule has 1 rings (SSSR count). The molecule has 0 aromatic carbocycles. The van der Waals surface area contributed by atoms with Crippen LogP contribution >= 0.6 is 0 Å². The number of hydrogen-bond acceptors (Lipinski definition) is 3. The van der Waals surface area contributed by atoms with E-state index in [4.69, 9.17) is 10.00 Å². The molecule has 1 aliphatic rings. The molecule has 1 aliphatic carbocycles. The predicted molar refractivity (Wildman–Crippen MR) is 53.4 cm³/mol. The SMILES string of the molecule is COC[C@H](C#N)[C@@H](O)C1=CCCC=C1. The van der Waals surface area contributed by atoms with Gasteiger partial charge in [-0.05, 0) is 18.4 Å². The van der Waals surface area contributed by atoms with E-state index in [2.05, 4.69) is 6.07 Å². The van der Waals surface area contributed by atoms with Crippen LogP contribution in [0, 0.1) is 17.2 Å². The lowest BCUT2D eigenvalue weighted by atomic mass is 9.94. The van der Waals surface area contributed by atoms with E-state index >= 15 is 0 Å². The zero-order chi connectivity index (χ0) is 10.4. The van der Waals surface area contributed by atoms with Crippen molar-refractivity contribution in [1.82, 2.24) is 0 Å². The molecule has 0 bridgehead atoms. The summed E-state index contributed by atoms with van der Waals surface area (Å²) in [4.78, 5) is 0. The monoisotopic (exact) mass is 193 g/mol. The summed E-state index contributed by atoms with van der Waals surface area (Å²) < 4.78 is 4.87. The second kappa shape index (κ2) is 5.58. The maximum Gasteiger partial charge on any atom is 0.0997 e. The molecule has 0 fully saturated rings. The quantitative estimate of drug-likeness (QED) is 0.734. The van der Waals surface area contributed by atoms with Gasteiger partial charge in [-0.15, -0.1) is 0 Å². The van der Waals surface area contributed by atoms with Crippen molar-refractivity contribution >= 4 is 0 Å². The Morgan fingerprint density at radius 2 is 2.43 bits per heavy atom. The van der Waals surface area contributed by atoms with E-state index in [0.29, 0.717) is 0 Å². The van der Waals surface area contributed by atoms with E-state index in [0.717, 1.165) is 18.4 Å². The van der Waals surface area contributed by atoms with Crippen LogP contribution in [0.3, 0.4) is 0 Å². The van der Waals surface area contributed by atoms with Crippen molar-refractivity contribution in [2.24, 2.45) is 5.92 Å². The third kappa shape index (κ3) is 2.69. The van der Waals surface area contributed by atoms with Crippen LogP contribution in [0.15, 0.2) is 23.8 Å². The fourth-order valence-electron chi connectivity index (χ4n) is 1.46. The van der Waals surface area contributed by atoms with Gasteiger partial charge in [-0.25, -0.2) is 0 Å². The van der Waals surface area contributed by atoms with Crippen LogP contribution in [0.2, 0.25) is 0 Å². The van der Waals surface area contributed by atoms with E-state index in [1.807, 2.05) is 18.2 Å². The number of methoxy groups -OCH3 is 1. The van der Waals surface area contributed by atoms with Gasteiger partial charge in [-0.2, -0.15) is 5.26 Å². The maximum atomic E-state index is 9.84. The second-order valence-corrected chi connectivity index (χ2v) is 3.32. The van der Waals surface area contributed by atoms with Crippen LogP contribution in [-0.2, 0) is 4.74 Å². The van der Waals surface area contributed by atoms with E-state index in [1.165, 1.54) is 7.11 Å². The predicted octanol–water partition coefficient (Wildman–Crippen LogP) is 1.41. The third-order valence-electron chi connectivity index (χ3n) is 2.26. The first-order valence-electron chi connectivity index (χ1n) is 4.72. The zero-order valence-electron chi connectivity index (χ0n) is 8.31. The first-order chi connectivity index (χ1) is 6.79. The van der Waals surface area contributed by atoms with Gasteiger partial charge in [0, 0.05) is 7.11 Å². The van der Waals surface area contributed by atoms with Gasteiger partial charge in [-0.1, -0.05) is 18.2 Å². The minimum absolute atomic E-state index is 0.267. The van der Waals surface area contributed by atoms with Crippen LogP contribution in [-0.4, -0.2) is 24.9 Å². The zero-order valence-corrected chi connectivity index (χ0v) is 8.31. The van der Waals surface area contributed by atoms with E-state index in [1.54, 1.807) is 0 Å². The average molecular weight is 193 g/mol. The highest BCUT2D eigenvalue weighted by Gasteiger charge is 2.21. The van der Waals surface area contributed by atoms with Gasteiger partial charge in [0.25, 0.3) is 0 Å². The molecule has 3 heteroatoms. The fraction of sp³-hybridized carbons (Fsp3) is 0.545. The van der Waals surface area contributed by atoms with Crippen molar-refractivity contribution in [2.45, 2.75) is 18.9 Å². The van der Waals surface area contributed by atoms with Crippen molar-refractivity contribution in [3.05, 3.63) is 23.8 Å². The number of nitrogens with zero attached hydrogens (tertiary/aromatic N) is 1. The van der Waals surface area contributed by atoms with Crippen molar-refractivity contribution in [2.75, 3.05) is 13.7 Å². The number of aliphatic hydroxyl groups excluding tert-OH is 1. The minimum Gasteiger partial charge on any atom is -0.387 e. The Balaban J connectivity index is 2.62. The number of aliphatic hydroxyl groups is 1. The number of allylic oxidation sites excluding steroid dienone is 2. The molecule has 0 spiro atoms. The maximum absolute atomic E-state index is 9.84. The Kier molecular flexibility index (Phi) is 4.37. The van der Waals surface area contributed by atoms with E-state index < -0.39 is 12.0 Å². The summed E-state index contributed by atoms with van der Waals surface area (Å²) in [6.45, 7) is 0.267. The molecule has 14 heavy (non-hydrogen) atoms. The van der Waals surface area contributed by atoms with E-state index in [-0.39, 0.29) is 6.61 Å². The molecule has 0 saturated carbocycles. The van der Waals surface area contributed by atoms with Gasteiger partial charge in [-0.3, -0.25) is 0 Å². The lowest BCUT2D eigenvalue weighted by molar-refractivity contribution is 0.0963. The number of nitriles is 1. The summed E-state index contributed by atoms with van der Waals surface area (Å²) in [6.07, 6.45) is 7.10. The van der Waals surface area contributed by atoms with Crippen molar-refractivity contribution in [3.63, 3.8) is 0 Å². The molecule has 2 atom stereocenters. The van der Waals surface area contributed by atoms with Crippen LogP contribution in [0.1, 0.15) is 12.8 Å². The first-order valence-corrected chi connectivity index (χ1v) is 4.72. The minimum atomic E-state index is -0.725. The molecule has 0 saturated heterocycles. The fourth-order valence-corrected chi connectivity index (χ4v) is 1.46. The van der Waals surface area contributed by atoms with Crippen molar-refractivity contribution in [3.8, 4) is 6.07 Å². The van der Waals surface area contributed by atoms with Crippen LogP contribution in [0.4, 0.5) is 0 Å². The molecule has 0 aromatic heterocycles. The Bertz CT molecular complexity index is 276. The lowest BCUT2D eigenvalue weighted by Crippen LogP contribution is -2.25. The summed E-state index contributed by atoms with van der Waals surface area (Å²) in [5.74, 6) is -0.478. The molecule has 1 N–H and O–H groups in total. The highest BCUT2D eigenvalue weighted by atomic mass is 16.5. The standard InChI is InChI=1S/C11H15NO2/c1-14-8-10(7-12)11(13)9-5-3-2-4-6-9/h3,5-6,10-11,13H,2,4,8H2,1H3/t10-,11-/m0/s1. The summed E-state index contributed by atoms with van der Waals surface area (Å²) >= 11 is 0. The molecule has 0 aromatic rings. The molecule has 76 valence electrons. The van der Waals surface area contributed by atoms with Crippen LogP contribution in [0.25, 0.3) is 0 Å². The van der Waals surface area contributed by atoms with Crippen molar-refractivity contribution in [1.29, 1.82) is 5.26 Å². The second-order valence-electron chi connectivity index (χ2n) is 3.32. The normalized spacial score (nSPS) is 19.6. The van der Waals surface area contributed by atoms with Crippen LogP contribution in [0.5, 0.6) is 0 Å². The van der Waals surface area contributed by atoms with Crippen LogP contribution < -0.4 is 0 Å². The van der Waals surface area contributed by atoms with Gasteiger partial charge in [0.05, 0.1) is 24.7 Å². The van der Waals surface area contributed by atoms with Gasteiger partial charge < -0.3 is 9.84 Å². The molecular formula is C11H15NO2. The summed E-state index contributed by atoms with van der Waals surface area (Å²) in [6, 6.07) is 2.05. The van der Waals surface area contributed by atoms with Gasteiger partial charge in [0.2, 0.25) is 0 Å². The topological polar surface area (TPSA) is 53.2 Å². The van der Waals surface area contributed by atoms with Crippen molar-refractivity contribution < 1.29 is 9.84 Å². The molecular weight excluding hydrogens is 178 g/mol. The molecule has 0 heterocycles. The summed E-state index contributed by atoms with van der Waals surface area (Å²) in [7, 11) is 1.53. The Hall–Kier alpha value is -1.11. The third-order valence-corrected chi connectivity index (χ3v) is 2.26. The largest absolute Gasteiger partial charge is 0.387 e. The van der Waals surface area contributed by atoms with Gasteiger partial charge >= 0.3 is 0 Å². The molecule has 0 unspecified atom stereocenters. The summed E-state index contributed by atoms with van der Waals surface area (Å²) in [5.41, 5.74) is 0.833. The number of ether oxygens (including phenoxy) is 1. The van der Waals surface area contributed by atoms with E-state index in [9.17, 15) is 5.11 Å². The molecule has 0 amide bonds. The van der Waals surface area contributed by atoms with Gasteiger partial charge in [0.15, 0.2) is 0 Å². The number of hydrogen-bond donors (Lipinski definition) is 1. The highest BCUT2D eigenvalue weighted by molar-refractivity contribution is 5.27. The highest BCUT2D eigenvalue weighted by Crippen LogP contribution is 2.18. The summed E-state index contributed by atoms with van der Waals surface area (Å²) in [5, 5.41) is 18.7. The lowest BCUT2D eigenvalue weighted by Gasteiger charge is -2.18. The Morgan fingerprint density at radius 3 is 2.93 bits per heavy atom. The van der Waals surface area contributed by atoms with Gasteiger partial charge in [0.1, 0.15) is 0 Å². The molecule has 0 radical (unpaired) electrons.